The molecule has 2 saturated heterocycles. The SMILES string of the molecule is CCNC(=NCC1CN(C)CCN1C)NC1CCN(c2cccc(F)c2)CC1. The lowest BCUT2D eigenvalue weighted by Crippen LogP contribution is -2.52. The fourth-order valence-corrected chi connectivity index (χ4v) is 3.96. The van der Waals surface area contributed by atoms with Crippen molar-refractivity contribution in [3.8, 4) is 0 Å². The lowest BCUT2D eigenvalue weighted by atomic mass is 10.0. The Morgan fingerprint density at radius 1 is 1.18 bits per heavy atom. The quantitative estimate of drug-likeness (QED) is 0.591. The van der Waals surface area contributed by atoms with Gasteiger partial charge in [-0.15, -0.1) is 0 Å². The summed E-state index contributed by atoms with van der Waals surface area (Å²) >= 11 is 0. The first-order chi connectivity index (χ1) is 13.5. The van der Waals surface area contributed by atoms with Crippen molar-refractivity contribution < 1.29 is 4.39 Å². The van der Waals surface area contributed by atoms with Crippen molar-refractivity contribution in [1.29, 1.82) is 0 Å². The predicted molar refractivity (Wildman–Crippen MR) is 115 cm³/mol. The Morgan fingerprint density at radius 3 is 2.68 bits per heavy atom. The second kappa shape index (κ2) is 10.1. The highest BCUT2D eigenvalue weighted by Gasteiger charge is 2.23. The summed E-state index contributed by atoms with van der Waals surface area (Å²) in [6.45, 7) is 8.90. The molecule has 3 rings (SSSR count). The van der Waals surface area contributed by atoms with Crippen LogP contribution in [0.2, 0.25) is 0 Å². The molecule has 0 amide bonds. The van der Waals surface area contributed by atoms with E-state index in [1.807, 2.05) is 6.07 Å². The Balaban J connectivity index is 1.52. The molecule has 0 saturated carbocycles. The molecule has 7 heteroatoms. The molecule has 156 valence electrons. The Morgan fingerprint density at radius 2 is 1.96 bits per heavy atom. The molecule has 1 aromatic carbocycles. The van der Waals surface area contributed by atoms with E-state index < -0.39 is 0 Å². The van der Waals surface area contributed by atoms with Crippen LogP contribution in [0.15, 0.2) is 29.3 Å². The van der Waals surface area contributed by atoms with E-state index in [-0.39, 0.29) is 5.82 Å². The van der Waals surface area contributed by atoms with Gasteiger partial charge in [0.2, 0.25) is 0 Å². The molecule has 2 heterocycles. The summed E-state index contributed by atoms with van der Waals surface area (Å²) in [4.78, 5) is 11.9. The molecule has 1 unspecified atom stereocenters. The van der Waals surface area contributed by atoms with E-state index in [4.69, 9.17) is 4.99 Å². The Hall–Kier alpha value is -1.86. The number of aliphatic imine (C=N–C) groups is 1. The fraction of sp³-hybridized carbons (Fsp3) is 0.667. The minimum absolute atomic E-state index is 0.169. The Labute approximate surface area is 168 Å². The third kappa shape index (κ3) is 5.82. The molecule has 0 radical (unpaired) electrons. The van der Waals surface area contributed by atoms with Gasteiger partial charge in [0, 0.05) is 57.0 Å². The maximum Gasteiger partial charge on any atom is 0.191 e. The number of nitrogens with one attached hydrogen (secondary N) is 2. The van der Waals surface area contributed by atoms with E-state index in [2.05, 4.69) is 46.4 Å². The maximum absolute atomic E-state index is 13.5. The van der Waals surface area contributed by atoms with Crippen molar-refractivity contribution in [2.24, 2.45) is 4.99 Å². The maximum atomic E-state index is 13.5. The summed E-state index contributed by atoms with van der Waals surface area (Å²) in [5, 5.41) is 7.00. The van der Waals surface area contributed by atoms with Gasteiger partial charge in [-0.2, -0.15) is 0 Å². The first-order valence-electron chi connectivity index (χ1n) is 10.5. The molecule has 0 spiro atoms. The molecular weight excluding hydrogens is 355 g/mol. The summed E-state index contributed by atoms with van der Waals surface area (Å²) in [5.74, 6) is 0.742. The van der Waals surface area contributed by atoms with Crippen LogP contribution in [0.1, 0.15) is 19.8 Å². The van der Waals surface area contributed by atoms with Crippen LogP contribution in [0.5, 0.6) is 0 Å². The molecule has 2 aliphatic rings. The van der Waals surface area contributed by atoms with Gasteiger partial charge in [0.1, 0.15) is 5.82 Å². The molecular formula is C21H35FN6. The van der Waals surface area contributed by atoms with E-state index >= 15 is 0 Å². The van der Waals surface area contributed by atoms with Crippen LogP contribution in [-0.2, 0) is 0 Å². The second-order valence-electron chi connectivity index (χ2n) is 8.00. The summed E-state index contributed by atoms with van der Waals surface area (Å²) < 4.78 is 13.5. The number of hydrogen-bond acceptors (Lipinski definition) is 4. The third-order valence-electron chi connectivity index (χ3n) is 5.79. The first-order valence-corrected chi connectivity index (χ1v) is 10.5. The zero-order valence-electron chi connectivity index (χ0n) is 17.5. The number of anilines is 1. The molecule has 6 nitrogen and oxygen atoms in total. The number of benzene rings is 1. The van der Waals surface area contributed by atoms with Gasteiger partial charge >= 0.3 is 0 Å². The number of guanidine groups is 1. The van der Waals surface area contributed by atoms with Crippen LogP contribution >= 0.6 is 0 Å². The number of rotatable bonds is 5. The van der Waals surface area contributed by atoms with Gasteiger partial charge in [0.25, 0.3) is 0 Å². The summed E-state index contributed by atoms with van der Waals surface area (Å²) in [5.41, 5.74) is 0.975. The number of nitrogens with zero attached hydrogens (tertiary/aromatic N) is 4. The van der Waals surface area contributed by atoms with Crippen LogP contribution in [-0.4, -0.2) is 87.8 Å². The van der Waals surface area contributed by atoms with Gasteiger partial charge in [-0.3, -0.25) is 9.89 Å². The number of halogens is 1. The number of piperidine rings is 1. The van der Waals surface area contributed by atoms with Crippen molar-refractivity contribution >= 4 is 11.6 Å². The monoisotopic (exact) mass is 390 g/mol. The van der Waals surface area contributed by atoms with Crippen molar-refractivity contribution in [3.05, 3.63) is 30.1 Å². The van der Waals surface area contributed by atoms with Crippen LogP contribution in [0.4, 0.5) is 10.1 Å². The fourth-order valence-electron chi connectivity index (χ4n) is 3.96. The molecule has 1 atom stereocenters. The molecule has 2 fully saturated rings. The highest BCUT2D eigenvalue weighted by molar-refractivity contribution is 5.80. The first kappa shape index (κ1) is 20.9. The lowest BCUT2D eigenvalue weighted by molar-refractivity contribution is 0.119. The number of piperazine rings is 1. The number of likely N-dealkylation sites (N-methyl/N-ethyl adjacent to an activating group) is 2. The van der Waals surface area contributed by atoms with E-state index in [0.29, 0.717) is 12.1 Å². The molecule has 28 heavy (non-hydrogen) atoms. The van der Waals surface area contributed by atoms with Crippen molar-refractivity contribution in [2.45, 2.75) is 31.8 Å². The van der Waals surface area contributed by atoms with Gasteiger partial charge in [-0.1, -0.05) is 6.07 Å². The second-order valence-corrected chi connectivity index (χ2v) is 8.00. The van der Waals surface area contributed by atoms with Gasteiger partial charge in [-0.05, 0) is 52.1 Å². The van der Waals surface area contributed by atoms with Crippen molar-refractivity contribution in [3.63, 3.8) is 0 Å². The zero-order valence-corrected chi connectivity index (χ0v) is 17.5. The smallest absolute Gasteiger partial charge is 0.191 e. The van der Waals surface area contributed by atoms with E-state index in [9.17, 15) is 4.39 Å². The highest BCUT2D eigenvalue weighted by Crippen LogP contribution is 2.20. The van der Waals surface area contributed by atoms with Gasteiger partial charge in [0.15, 0.2) is 5.96 Å². The summed E-state index contributed by atoms with van der Waals surface area (Å²) in [7, 11) is 4.37. The topological polar surface area (TPSA) is 46.1 Å². The van der Waals surface area contributed by atoms with Crippen LogP contribution < -0.4 is 15.5 Å². The summed E-state index contributed by atoms with van der Waals surface area (Å²) in [6.07, 6.45) is 2.04. The molecule has 2 aliphatic heterocycles. The largest absolute Gasteiger partial charge is 0.371 e. The number of hydrogen-bond donors (Lipinski definition) is 2. The van der Waals surface area contributed by atoms with E-state index in [1.54, 1.807) is 12.1 Å². The van der Waals surface area contributed by atoms with Gasteiger partial charge < -0.3 is 20.4 Å². The minimum Gasteiger partial charge on any atom is -0.371 e. The van der Waals surface area contributed by atoms with E-state index in [1.165, 1.54) is 6.07 Å². The minimum atomic E-state index is -0.169. The highest BCUT2D eigenvalue weighted by atomic mass is 19.1. The van der Waals surface area contributed by atoms with Crippen LogP contribution in [0.3, 0.4) is 0 Å². The molecule has 0 bridgehead atoms. The Kier molecular flexibility index (Phi) is 7.50. The zero-order chi connectivity index (χ0) is 19.9. The standard InChI is InChI=1S/C21H35FN6/c1-4-23-21(24-15-20-16-26(2)12-13-27(20)3)25-18-8-10-28(11-9-18)19-7-5-6-17(22)14-19/h5-7,14,18,20H,4,8-13,15-16H2,1-3H3,(H2,23,24,25). The van der Waals surface area contributed by atoms with Gasteiger partial charge in [-0.25, -0.2) is 4.39 Å². The molecule has 1 aromatic rings. The van der Waals surface area contributed by atoms with E-state index in [0.717, 1.165) is 70.3 Å². The van der Waals surface area contributed by atoms with Crippen molar-refractivity contribution in [2.75, 3.05) is 64.8 Å². The van der Waals surface area contributed by atoms with Gasteiger partial charge in [0.05, 0.1) is 6.54 Å². The molecule has 2 N–H and O–H groups in total. The normalized spacial score (nSPS) is 23.1. The average molecular weight is 391 g/mol. The van der Waals surface area contributed by atoms with Crippen molar-refractivity contribution in [1.82, 2.24) is 20.4 Å². The van der Waals surface area contributed by atoms with Crippen LogP contribution in [0.25, 0.3) is 0 Å². The predicted octanol–water partition coefficient (Wildman–Crippen LogP) is 1.60. The summed E-state index contributed by atoms with van der Waals surface area (Å²) in [6, 6.07) is 7.75. The average Bonchev–Trinajstić information content (AvgIpc) is 2.69. The van der Waals surface area contributed by atoms with Crippen LogP contribution in [0, 0.1) is 5.82 Å². The Bertz CT molecular complexity index is 644. The molecule has 0 aliphatic carbocycles. The third-order valence-corrected chi connectivity index (χ3v) is 5.79. The lowest BCUT2D eigenvalue weighted by Gasteiger charge is -2.37. The molecule has 0 aromatic heterocycles.